The van der Waals surface area contributed by atoms with Crippen LogP contribution >= 0.6 is 11.3 Å². The number of aryl methyl sites for hydroxylation is 1. The molecule has 4 nitrogen and oxygen atoms in total. The van der Waals surface area contributed by atoms with Crippen LogP contribution in [0.3, 0.4) is 0 Å². The van der Waals surface area contributed by atoms with Gasteiger partial charge in [-0.25, -0.2) is 0 Å². The highest BCUT2D eigenvalue weighted by atomic mass is 32.1. The Kier molecular flexibility index (Phi) is 3.66. The Morgan fingerprint density at radius 1 is 1.16 bits per heavy atom. The zero-order chi connectivity index (χ0) is 17.6. The number of amides is 1. The summed E-state index contributed by atoms with van der Waals surface area (Å²) in [4.78, 5) is 16.0. The normalized spacial score (nSPS) is 11.2. The molecule has 4 N–H and O–H groups in total. The molecule has 0 saturated heterocycles. The first kappa shape index (κ1) is 15.6. The first-order chi connectivity index (χ1) is 12.1. The van der Waals surface area contributed by atoms with Crippen molar-refractivity contribution >= 4 is 43.2 Å². The Morgan fingerprint density at radius 2 is 1.96 bits per heavy atom. The highest BCUT2D eigenvalue weighted by Gasteiger charge is 2.12. The fourth-order valence-electron chi connectivity index (χ4n) is 3.06. The largest absolute Gasteiger partial charge is 0.397 e. The summed E-state index contributed by atoms with van der Waals surface area (Å²) >= 11 is 1.66. The summed E-state index contributed by atoms with van der Waals surface area (Å²) in [5, 5.41) is 1.10. The highest BCUT2D eigenvalue weighted by molar-refractivity contribution is 7.26. The van der Waals surface area contributed by atoms with Crippen molar-refractivity contribution in [1.82, 2.24) is 4.98 Å². The number of aromatic nitrogens is 1. The Morgan fingerprint density at radius 3 is 2.72 bits per heavy atom. The molecule has 4 rings (SSSR count). The van der Waals surface area contributed by atoms with Gasteiger partial charge in [-0.3, -0.25) is 9.78 Å². The van der Waals surface area contributed by atoms with Crippen LogP contribution in [0.4, 0.5) is 5.69 Å². The van der Waals surface area contributed by atoms with E-state index in [9.17, 15) is 4.79 Å². The molecule has 2 heterocycles. The van der Waals surface area contributed by atoms with E-state index in [-0.39, 0.29) is 0 Å². The number of thiophene rings is 1. The van der Waals surface area contributed by atoms with Gasteiger partial charge < -0.3 is 11.5 Å². The standard InChI is InChI=1S/C20H17N3OS/c1-2-11-10-23-18-15-7-6-13(9-16(15)25-19(18)17(11)21)12-4-3-5-14(8-12)20(22)24/h3-10H,2H2,1H3,(H2,21,23)(H2,22,24). The van der Waals surface area contributed by atoms with Crippen molar-refractivity contribution in [2.75, 3.05) is 5.73 Å². The summed E-state index contributed by atoms with van der Waals surface area (Å²) in [7, 11) is 0. The van der Waals surface area contributed by atoms with Crippen molar-refractivity contribution in [1.29, 1.82) is 0 Å². The van der Waals surface area contributed by atoms with Crippen molar-refractivity contribution in [3.05, 3.63) is 59.8 Å². The van der Waals surface area contributed by atoms with Gasteiger partial charge in [-0.05, 0) is 41.3 Å². The molecular formula is C20H17N3OS. The molecule has 2 aromatic carbocycles. The molecule has 0 aliphatic heterocycles. The molecule has 25 heavy (non-hydrogen) atoms. The zero-order valence-electron chi connectivity index (χ0n) is 13.7. The highest BCUT2D eigenvalue weighted by Crippen LogP contribution is 2.39. The first-order valence-electron chi connectivity index (χ1n) is 8.08. The average Bonchev–Trinajstić information content (AvgIpc) is 3.01. The van der Waals surface area contributed by atoms with Gasteiger partial charge in [0, 0.05) is 21.8 Å². The second-order valence-electron chi connectivity index (χ2n) is 5.99. The third-order valence-electron chi connectivity index (χ3n) is 4.47. The van der Waals surface area contributed by atoms with Crippen LogP contribution in [0.15, 0.2) is 48.7 Å². The number of hydrogen-bond donors (Lipinski definition) is 2. The lowest BCUT2D eigenvalue weighted by Gasteiger charge is -2.04. The van der Waals surface area contributed by atoms with E-state index in [0.717, 1.165) is 49.1 Å². The van der Waals surface area contributed by atoms with E-state index < -0.39 is 5.91 Å². The Balaban J connectivity index is 1.91. The van der Waals surface area contributed by atoms with Crippen LogP contribution in [0.1, 0.15) is 22.8 Å². The van der Waals surface area contributed by atoms with Gasteiger partial charge in [0.2, 0.25) is 5.91 Å². The molecule has 0 bridgehead atoms. The van der Waals surface area contributed by atoms with Gasteiger partial charge in [0.05, 0.1) is 15.9 Å². The van der Waals surface area contributed by atoms with E-state index in [1.54, 1.807) is 17.4 Å². The van der Waals surface area contributed by atoms with E-state index in [1.165, 1.54) is 0 Å². The van der Waals surface area contributed by atoms with Gasteiger partial charge in [-0.2, -0.15) is 0 Å². The topological polar surface area (TPSA) is 82.0 Å². The molecule has 124 valence electrons. The molecule has 0 fully saturated rings. The van der Waals surface area contributed by atoms with Gasteiger partial charge in [0.1, 0.15) is 0 Å². The summed E-state index contributed by atoms with van der Waals surface area (Å²) in [5.41, 5.74) is 17.1. The predicted molar refractivity (Wildman–Crippen MR) is 105 cm³/mol. The number of primary amides is 1. The third-order valence-corrected chi connectivity index (χ3v) is 5.64. The molecule has 0 atom stereocenters. The lowest BCUT2D eigenvalue weighted by atomic mass is 10.0. The van der Waals surface area contributed by atoms with E-state index in [0.29, 0.717) is 5.56 Å². The maximum absolute atomic E-state index is 11.4. The number of nitrogens with two attached hydrogens (primary N) is 2. The summed E-state index contributed by atoms with van der Waals surface area (Å²) < 4.78 is 2.17. The molecule has 0 aliphatic carbocycles. The molecule has 1 amide bonds. The Hall–Kier alpha value is -2.92. The summed E-state index contributed by atoms with van der Waals surface area (Å²) in [6, 6.07) is 13.6. The number of nitrogen functional groups attached to an aromatic ring is 1. The van der Waals surface area contributed by atoms with E-state index in [2.05, 4.69) is 24.0 Å². The minimum absolute atomic E-state index is 0.422. The molecule has 0 aliphatic rings. The zero-order valence-corrected chi connectivity index (χ0v) is 14.6. The van der Waals surface area contributed by atoms with Crippen LogP contribution in [0.25, 0.3) is 31.4 Å². The summed E-state index contributed by atoms with van der Waals surface area (Å²) in [6.07, 6.45) is 2.74. The molecule has 5 heteroatoms. The van der Waals surface area contributed by atoms with Crippen LogP contribution in [0.5, 0.6) is 0 Å². The number of carbonyl (C=O) groups excluding carboxylic acids is 1. The molecule has 0 radical (unpaired) electrons. The fraction of sp³-hybridized carbons (Fsp3) is 0.100. The number of benzene rings is 2. The second kappa shape index (κ2) is 5.86. The number of fused-ring (bicyclic) bond motifs is 3. The van der Waals surface area contributed by atoms with Crippen LogP contribution in [0.2, 0.25) is 0 Å². The van der Waals surface area contributed by atoms with Crippen molar-refractivity contribution in [3.8, 4) is 11.1 Å². The van der Waals surface area contributed by atoms with E-state index >= 15 is 0 Å². The molecular weight excluding hydrogens is 330 g/mol. The number of pyridine rings is 1. The van der Waals surface area contributed by atoms with Gasteiger partial charge in [-0.1, -0.05) is 31.2 Å². The Bertz CT molecular complexity index is 1130. The molecule has 2 aromatic heterocycles. The maximum atomic E-state index is 11.4. The quantitative estimate of drug-likeness (QED) is 0.577. The van der Waals surface area contributed by atoms with Crippen molar-refractivity contribution in [2.24, 2.45) is 5.73 Å². The molecule has 4 aromatic rings. The van der Waals surface area contributed by atoms with Crippen molar-refractivity contribution in [2.45, 2.75) is 13.3 Å². The lowest BCUT2D eigenvalue weighted by molar-refractivity contribution is 0.100. The fourth-order valence-corrected chi connectivity index (χ4v) is 4.25. The van der Waals surface area contributed by atoms with Gasteiger partial charge in [0.25, 0.3) is 0 Å². The molecule has 0 saturated carbocycles. The molecule has 0 spiro atoms. The number of anilines is 1. The van der Waals surface area contributed by atoms with Crippen LogP contribution < -0.4 is 11.5 Å². The second-order valence-corrected chi connectivity index (χ2v) is 7.04. The van der Waals surface area contributed by atoms with Crippen molar-refractivity contribution < 1.29 is 4.79 Å². The van der Waals surface area contributed by atoms with Crippen molar-refractivity contribution in [3.63, 3.8) is 0 Å². The number of carbonyl (C=O) groups is 1. The molecule has 0 unspecified atom stereocenters. The average molecular weight is 347 g/mol. The lowest BCUT2D eigenvalue weighted by Crippen LogP contribution is -2.10. The smallest absolute Gasteiger partial charge is 0.248 e. The van der Waals surface area contributed by atoms with E-state index in [4.69, 9.17) is 11.5 Å². The number of rotatable bonds is 3. The first-order valence-corrected chi connectivity index (χ1v) is 8.90. The SMILES string of the molecule is CCc1cnc2c(sc3cc(-c4cccc(C(N)=O)c4)ccc32)c1N. The monoisotopic (exact) mass is 347 g/mol. The van der Waals surface area contributed by atoms with Gasteiger partial charge in [0.15, 0.2) is 0 Å². The summed E-state index contributed by atoms with van der Waals surface area (Å²) in [5.74, 6) is -0.422. The minimum Gasteiger partial charge on any atom is -0.397 e. The van der Waals surface area contributed by atoms with E-state index in [1.807, 2.05) is 30.5 Å². The van der Waals surface area contributed by atoms with Gasteiger partial charge in [-0.15, -0.1) is 11.3 Å². The van der Waals surface area contributed by atoms with Crippen LogP contribution in [0, 0.1) is 0 Å². The maximum Gasteiger partial charge on any atom is 0.248 e. The minimum atomic E-state index is -0.422. The van der Waals surface area contributed by atoms with Crippen LogP contribution in [-0.2, 0) is 6.42 Å². The number of hydrogen-bond acceptors (Lipinski definition) is 4. The van der Waals surface area contributed by atoms with Gasteiger partial charge >= 0.3 is 0 Å². The summed E-state index contributed by atoms with van der Waals surface area (Å²) in [6.45, 7) is 2.08. The Labute approximate surface area is 149 Å². The predicted octanol–water partition coefficient (Wildman–Crippen LogP) is 4.36. The van der Waals surface area contributed by atoms with Crippen LogP contribution in [-0.4, -0.2) is 10.9 Å². The number of nitrogens with zero attached hydrogens (tertiary/aromatic N) is 1. The third kappa shape index (κ3) is 2.53.